The summed E-state index contributed by atoms with van der Waals surface area (Å²) in [5, 5.41) is 33.4. The summed E-state index contributed by atoms with van der Waals surface area (Å²) in [6, 6.07) is 17.7. The minimum Gasteiger partial charge on any atom is -0.497 e. The lowest BCUT2D eigenvalue weighted by Crippen LogP contribution is -2.38. The summed E-state index contributed by atoms with van der Waals surface area (Å²) in [7, 11) is -0.0925. The largest absolute Gasteiger partial charge is 0.526 e. The second kappa shape index (κ2) is 13.1. The Labute approximate surface area is 268 Å². The Bertz CT molecular complexity index is 1960. The van der Waals surface area contributed by atoms with Gasteiger partial charge < -0.3 is 30.4 Å². The number of imidazole rings is 1. The minimum atomic E-state index is -1.69. The number of nitrogens with zero attached hydrogens (tertiary/aromatic N) is 5. The second-order valence-corrected chi connectivity index (χ2v) is 11.2. The van der Waals surface area contributed by atoms with Gasteiger partial charge in [-0.25, -0.2) is 4.98 Å². The van der Waals surface area contributed by atoms with Crippen LogP contribution in [0, 0.1) is 6.92 Å². The van der Waals surface area contributed by atoms with Crippen LogP contribution in [0.3, 0.4) is 0 Å². The molecule has 0 unspecified atom stereocenters. The van der Waals surface area contributed by atoms with Crippen molar-refractivity contribution < 1.29 is 24.4 Å². The number of aromatic nitrogens is 5. The number of aromatic amines is 1. The van der Waals surface area contributed by atoms with Crippen LogP contribution >= 0.6 is 11.6 Å². The number of fused-ring (bicyclic) bond motifs is 4. The summed E-state index contributed by atoms with van der Waals surface area (Å²) in [4.78, 5) is 37.8. The van der Waals surface area contributed by atoms with Crippen LogP contribution in [0.2, 0.25) is 5.02 Å². The zero-order chi connectivity index (χ0) is 32.4. The molecule has 15 heteroatoms. The molecule has 0 spiro atoms. The molecule has 3 heterocycles. The lowest BCUT2D eigenvalue weighted by atomic mass is 9.91. The van der Waals surface area contributed by atoms with Gasteiger partial charge in [-0.1, -0.05) is 29.8 Å². The Morgan fingerprint density at radius 3 is 2.61 bits per heavy atom. The molecule has 13 nitrogen and oxygen atoms in total. The maximum atomic E-state index is 13.2. The van der Waals surface area contributed by atoms with E-state index in [0.29, 0.717) is 52.1 Å². The van der Waals surface area contributed by atoms with E-state index in [1.165, 1.54) is 0 Å². The van der Waals surface area contributed by atoms with Crippen LogP contribution in [0.1, 0.15) is 40.8 Å². The van der Waals surface area contributed by atoms with Gasteiger partial charge in [0, 0.05) is 22.7 Å². The van der Waals surface area contributed by atoms with Crippen LogP contribution in [-0.4, -0.2) is 79.6 Å². The number of carbonyl (C=O) groups excluding carboxylic acids is 2. The molecule has 1 atom stereocenters. The van der Waals surface area contributed by atoms with Gasteiger partial charge in [0.15, 0.2) is 5.82 Å². The molecule has 2 amide bonds. The molecule has 234 valence electrons. The molecule has 0 radical (unpaired) electrons. The van der Waals surface area contributed by atoms with E-state index < -0.39 is 13.2 Å². The van der Waals surface area contributed by atoms with Gasteiger partial charge in [0.05, 0.1) is 42.5 Å². The van der Waals surface area contributed by atoms with Crippen molar-refractivity contribution in [3.05, 3.63) is 94.0 Å². The highest BCUT2D eigenvalue weighted by molar-refractivity contribution is 6.56. The van der Waals surface area contributed by atoms with Gasteiger partial charge in [0.2, 0.25) is 11.8 Å². The van der Waals surface area contributed by atoms with Crippen molar-refractivity contribution in [1.82, 2.24) is 35.4 Å². The molecule has 46 heavy (non-hydrogen) atoms. The topological polar surface area (TPSA) is 180 Å². The van der Waals surface area contributed by atoms with Gasteiger partial charge in [-0.3, -0.25) is 19.1 Å². The summed E-state index contributed by atoms with van der Waals surface area (Å²) < 4.78 is 7.40. The number of carbonyl (C=O) groups is 2. The molecule has 1 aliphatic rings. The van der Waals surface area contributed by atoms with Crippen molar-refractivity contribution in [2.75, 3.05) is 20.2 Å². The Hall–Kier alpha value is -5.05. The first-order valence-electron chi connectivity index (χ1n) is 14.5. The van der Waals surface area contributed by atoms with Crippen LogP contribution < -0.4 is 21.1 Å². The Kier molecular flexibility index (Phi) is 8.84. The summed E-state index contributed by atoms with van der Waals surface area (Å²) in [5.74, 6) is 1.07. The van der Waals surface area contributed by atoms with E-state index in [1.807, 2.05) is 54.0 Å². The molecular formula is C31H30BClN8O5. The quantitative estimate of drug-likeness (QED) is 0.143. The number of rotatable bonds is 10. The fraction of sp³-hybridized carbons (Fsp3) is 0.226. The van der Waals surface area contributed by atoms with Crippen molar-refractivity contribution in [2.24, 2.45) is 4.99 Å². The molecular weight excluding hydrogens is 611 g/mol. The number of ether oxygens (including phenoxy) is 1. The summed E-state index contributed by atoms with van der Waals surface area (Å²) in [5.41, 5.74) is 5.27. The number of aliphatic imine (C=N–C) groups is 1. The normalized spacial score (nSPS) is 13.8. The van der Waals surface area contributed by atoms with Gasteiger partial charge in [-0.15, -0.1) is 10.2 Å². The van der Waals surface area contributed by atoms with Crippen molar-refractivity contribution in [3.8, 4) is 11.4 Å². The zero-order valence-electron chi connectivity index (χ0n) is 25.0. The summed E-state index contributed by atoms with van der Waals surface area (Å²) in [6.07, 6.45) is 0.457. The average molecular weight is 641 g/mol. The Morgan fingerprint density at radius 2 is 1.85 bits per heavy atom. The average Bonchev–Trinajstić information content (AvgIpc) is 3.62. The standard InChI is InChI=1S/C31H30BClN8O5/c1-17-39-40-30-25(36-29(19-4-6-20(33)7-5-19)22-14-21(46-2)8-10-26(22)41(17)30)15-27(42)35-16-28(43)34-12-11-18-3-9-23-24(13-18)38-31(37-23)32(44)45/h3-10,13-14,25,44-45H,11-12,15-16H2,1-2H3,(H,34,43)(H,35,42)(H,37,38)/t25-/m0/s1. The number of benzene rings is 3. The van der Waals surface area contributed by atoms with Crippen molar-refractivity contribution in [3.63, 3.8) is 0 Å². The Balaban J connectivity index is 1.14. The number of hydrogen-bond donors (Lipinski definition) is 5. The summed E-state index contributed by atoms with van der Waals surface area (Å²) >= 11 is 6.17. The van der Waals surface area contributed by atoms with Crippen molar-refractivity contribution >= 4 is 53.0 Å². The number of halogens is 1. The van der Waals surface area contributed by atoms with Crippen LogP contribution in [0.4, 0.5) is 0 Å². The van der Waals surface area contributed by atoms with Crippen LogP contribution in [0.5, 0.6) is 5.75 Å². The smallest absolute Gasteiger partial charge is 0.497 e. The van der Waals surface area contributed by atoms with Gasteiger partial charge in [0.1, 0.15) is 23.3 Å². The van der Waals surface area contributed by atoms with E-state index >= 15 is 0 Å². The molecule has 2 aromatic heterocycles. The maximum absolute atomic E-state index is 13.2. The highest BCUT2D eigenvalue weighted by Crippen LogP contribution is 2.34. The fourth-order valence-electron chi connectivity index (χ4n) is 5.37. The number of amides is 2. The molecule has 0 saturated carbocycles. The van der Waals surface area contributed by atoms with E-state index in [9.17, 15) is 19.6 Å². The third-order valence-electron chi connectivity index (χ3n) is 7.62. The fourth-order valence-corrected chi connectivity index (χ4v) is 5.49. The highest BCUT2D eigenvalue weighted by Gasteiger charge is 2.30. The number of hydrogen-bond acceptors (Lipinski definition) is 9. The predicted molar refractivity (Wildman–Crippen MR) is 173 cm³/mol. The maximum Gasteiger partial charge on any atom is 0.526 e. The van der Waals surface area contributed by atoms with Gasteiger partial charge >= 0.3 is 7.12 Å². The molecule has 1 aliphatic heterocycles. The summed E-state index contributed by atoms with van der Waals surface area (Å²) in [6.45, 7) is 1.97. The third-order valence-corrected chi connectivity index (χ3v) is 7.87. The molecule has 5 aromatic rings. The van der Waals surface area contributed by atoms with Crippen LogP contribution in [-0.2, 0) is 16.0 Å². The van der Waals surface area contributed by atoms with Crippen LogP contribution in [0.25, 0.3) is 16.7 Å². The van der Waals surface area contributed by atoms with Gasteiger partial charge in [-0.2, -0.15) is 0 Å². The number of aryl methyl sites for hydroxylation is 1. The third kappa shape index (κ3) is 6.49. The first-order valence-corrected chi connectivity index (χ1v) is 14.9. The molecule has 0 aliphatic carbocycles. The van der Waals surface area contributed by atoms with Crippen molar-refractivity contribution in [1.29, 1.82) is 0 Å². The molecule has 5 N–H and O–H groups in total. The monoisotopic (exact) mass is 640 g/mol. The van der Waals surface area contributed by atoms with E-state index in [4.69, 9.17) is 21.3 Å². The molecule has 6 rings (SSSR count). The van der Waals surface area contributed by atoms with E-state index in [0.717, 1.165) is 22.4 Å². The second-order valence-electron chi connectivity index (χ2n) is 10.8. The minimum absolute atomic E-state index is 0.0621. The van der Waals surface area contributed by atoms with E-state index in [1.54, 1.807) is 25.3 Å². The highest BCUT2D eigenvalue weighted by atomic mass is 35.5. The number of nitrogens with one attached hydrogen (secondary N) is 3. The van der Waals surface area contributed by atoms with Gasteiger partial charge in [-0.05, 0) is 61.4 Å². The predicted octanol–water partition coefficient (Wildman–Crippen LogP) is 1.55. The first-order chi connectivity index (χ1) is 22.2. The first kappa shape index (κ1) is 31.0. The Morgan fingerprint density at radius 1 is 1.04 bits per heavy atom. The molecule has 0 fully saturated rings. The SMILES string of the molecule is COc1ccc2c(c1)C(c1ccc(Cl)cc1)=N[C@@H](CC(=O)NCC(=O)NCCc1ccc3nc(B(O)O)[nH]c3c1)c1nnc(C)n1-2. The number of methoxy groups -OCH3 is 1. The number of H-pyrrole nitrogens is 1. The molecule has 0 saturated heterocycles. The van der Waals surface area contributed by atoms with E-state index in [-0.39, 0.29) is 30.5 Å². The van der Waals surface area contributed by atoms with Gasteiger partial charge in [0.25, 0.3) is 0 Å². The lowest BCUT2D eigenvalue weighted by Gasteiger charge is -2.14. The lowest BCUT2D eigenvalue weighted by molar-refractivity contribution is -0.126. The molecule has 3 aromatic carbocycles. The zero-order valence-corrected chi connectivity index (χ0v) is 25.7. The van der Waals surface area contributed by atoms with E-state index in [2.05, 4.69) is 30.8 Å². The van der Waals surface area contributed by atoms with Crippen molar-refractivity contribution in [2.45, 2.75) is 25.8 Å². The molecule has 0 bridgehead atoms. The van der Waals surface area contributed by atoms with Crippen LogP contribution in [0.15, 0.2) is 65.7 Å².